The Morgan fingerprint density at radius 2 is 1.64 bits per heavy atom. The van der Waals surface area contributed by atoms with E-state index < -0.39 is 0 Å². The predicted molar refractivity (Wildman–Crippen MR) is 91.7 cm³/mol. The van der Waals surface area contributed by atoms with E-state index in [-0.39, 0.29) is 11.8 Å². The van der Waals surface area contributed by atoms with Gasteiger partial charge in [-0.2, -0.15) is 0 Å². The molecule has 0 unspecified atom stereocenters. The fraction of sp³-hybridized carbons (Fsp3) is 0.105. The first-order valence-corrected chi connectivity index (χ1v) is 7.81. The average Bonchev–Trinajstić information content (AvgIpc) is 3.18. The Kier molecular flexibility index (Phi) is 5.21. The minimum Gasteiger partial charge on any atom is -0.467 e. The number of carbonyl (C=O) groups excluding carboxylic acids is 2. The van der Waals surface area contributed by atoms with Crippen LogP contribution in [0.4, 0.5) is 0 Å². The molecular weight excluding hydrogens is 318 g/mol. The van der Waals surface area contributed by atoms with E-state index in [0.717, 1.165) is 5.69 Å². The monoisotopic (exact) mass is 335 g/mol. The van der Waals surface area contributed by atoms with Crippen molar-refractivity contribution in [2.75, 3.05) is 0 Å². The number of carbonyl (C=O) groups is 2. The number of furan rings is 1. The number of benzene rings is 1. The largest absolute Gasteiger partial charge is 0.467 e. The van der Waals surface area contributed by atoms with Crippen LogP contribution in [0.15, 0.2) is 71.5 Å². The lowest BCUT2D eigenvalue weighted by Gasteiger charge is -2.07. The van der Waals surface area contributed by atoms with Crippen LogP contribution in [0.5, 0.6) is 0 Å². The van der Waals surface area contributed by atoms with Gasteiger partial charge in [0, 0.05) is 17.3 Å². The van der Waals surface area contributed by atoms with Gasteiger partial charge >= 0.3 is 0 Å². The van der Waals surface area contributed by atoms with Gasteiger partial charge < -0.3 is 15.1 Å². The molecule has 3 aromatic rings. The lowest BCUT2D eigenvalue weighted by Crippen LogP contribution is -2.25. The van der Waals surface area contributed by atoms with Gasteiger partial charge in [0.25, 0.3) is 11.8 Å². The first-order chi connectivity index (χ1) is 12.2. The van der Waals surface area contributed by atoms with Crippen molar-refractivity contribution in [3.05, 3.63) is 89.6 Å². The van der Waals surface area contributed by atoms with Crippen molar-refractivity contribution in [1.29, 1.82) is 0 Å². The zero-order valence-corrected chi connectivity index (χ0v) is 13.4. The molecule has 0 bridgehead atoms. The lowest BCUT2D eigenvalue weighted by atomic mass is 10.1. The maximum Gasteiger partial charge on any atom is 0.251 e. The van der Waals surface area contributed by atoms with E-state index in [4.69, 9.17) is 4.42 Å². The van der Waals surface area contributed by atoms with Crippen LogP contribution in [0.3, 0.4) is 0 Å². The van der Waals surface area contributed by atoms with E-state index in [2.05, 4.69) is 15.6 Å². The maximum absolute atomic E-state index is 12.3. The van der Waals surface area contributed by atoms with Crippen LogP contribution in [0.2, 0.25) is 0 Å². The molecule has 0 aliphatic carbocycles. The number of pyridine rings is 1. The summed E-state index contributed by atoms with van der Waals surface area (Å²) < 4.78 is 5.17. The van der Waals surface area contributed by atoms with E-state index in [1.165, 1.54) is 0 Å². The van der Waals surface area contributed by atoms with Crippen molar-refractivity contribution in [2.45, 2.75) is 13.1 Å². The summed E-state index contributed by atoms with van der Waals surface area (Å²) in [6.45, 7) is 0.622. The Balaban J connectivity index is 1.60. The van der Waals surface area contributed by atoms with Crippen molar-refractivity contribution < 1.29 is 14.0 Å². The quantitative estimate of drug-likeness (QED) is 0.725. The van der Waals surface area contributed by atoms with E-state index in [0.29, 0.717) is 30.0 Å². The summed E-state index contributed by atoms with van der Waals surface area (Å²) in [5, 5.41) is 5.54. The van der Waals surface area contributed by atoms with Crippen LogP contribution in [0.25, 0.3) is 0 Å². The van der Waals surface area contributed by atoms with Crippen molar-refractivity contribution >= 4 is 11.8 Å². The smallest absolute Gasteiger partial charge is 0.251 e. The fourth-order valence-corrected chi connectivity index (χ4v) is 2.26. The molecule has 0 aliphatic heterocycles. The van der Waals surface area contributed by atoms with Gasteiger partial charge in [0.2, 0.25) is 0 Å². The standard InChI is InChI=1S/C19H17N3O3/c23-18(21-12-16-7-1-2-9-20-16)14-5-3-6-15(11-14)19(24)22-13-17-8-4-10-25-17/h1-11H,12-13H2,(H,21,23)(H,22,24). The number of hydrogen-bond donors (Lipinski definition) is 2. The zero-order chi connectivity index (χ0) is 17.5. The van der Waals surface area contributed by atoms with Gasteiger partial charge in [-0.05, 0) is 42.5 Å². The summed E-state index contributed by atoms with van der Waals surface area (Å²) in [4.78, 5) is 28.6. The number of amides is 2. The van der Waals surface area contributed by atoms with Gasteiger partial charge in [0.15, 0.2) is 0 Å². The van der Waals surface area contributed by atoms with Gasteiger partial charge in [-0.15, -0.1) is 0 Å². The number of aromatic nitrogens is 1. The molecule has 2 aromatic heterocycles. The third kappa shape index (κ3) is 4.54. The zero-order valence-electron chi connectivity index (χ0n) is 13.4. The highest BCUT2D eigenvalue weighted by molar-refractivity contribution is 5.99. The molecule has 0 atom stereocenters. The normalized spacial score (nSPS) is 10.2. The highest BCUT2D eigenvalue weighted by Gasteiger charge is 2.11. The van der Waals surface area contributed by atoms with Crippen LogP contribution < -0.4 is 10.6 Å². The molecule has 0 spiro atoms. The maximum atomic E-state index is 12.3. The molecule has 2 N–H and O–H groups in total. The SMILES string of the molecule is O=C(NCc1ccccn1)c1cccc(C(=O)NCc2ccco2)c1. The second-order valence-corrected chi connectivity index (χ2v) is 5.35. The van der Waals surface area contributed by atoms with E-state index in [9.17, 15) is 9.59 Å². The molecule has 0 radical (unpaired) electrons. The number of nitrogens with zero attached hydrogens (tertiary/aromatic N) is 1. The number of rotatable bonds is 6. The molecule has 0 aliphatic rings. The Morgan fingerprint density at radius 3 is 2.28 bits per heavy atom. The Labute approximate surface area is 144 Å². The van der Waals surface area contributed by atoms with Crippen molar-refractivity contribution in [1.82, 2.24) is 15.6 Å². The van der Waals surface area contributed by atoms with Crippen molar-refractivity contribution in [3.63, 3.8) is 0 Å². The van der Waals surface area contributed by atoms with Gasteiger partial charge in [-0.3, -0.25) is 14.6 Å². The highest BCUT2D eigenvalue weighted by Crippen LogP contribution is 2.07. The Hall–Kier alpha value is -3.41. The molecule has 6 heteroatoms. The molecule has 2 amide bonds. The molecule has 0 saturated heterocycles. The third-order valence-corrected chi connectivity index (χ3v) is 3.55. The summed E-state index contributed by atoms with van der Waals surface area (Å²) in [5.74, 6) is 0.139. The molecule has 0 saturated carbocycles. The minimum absolute atomic E-state index is 0.258. The summed E-state index contributed by atoms with van der Waals surface area (Å²) in [5.41, 5.74) is 1.60. The second-order valence-electron chi connectivity index (χ2n) is 5.35. The second kappa shape index (κ2) is 7.92. The van der Waals surface area contributed by atoms with Crippen LogP contribution in [0, 0.1) is 0 Å². The Bertz CT molecular complexity index is 845. The van der Waals surface area contributed by atoms with Gasteiger partial charge in [0.1, 0.15) is 5.76 Å². The molecule has 1 aromatic carbocycles. The van der Waals surface area contributed by atoms with E-state index in [1.807, 2.05) is 18.2 Å². The summed E-state index contributed by atoms with van der Waals surface area (Å²) in [7, 11) is 0. The van der Waals surface area contributed by atoms with Crippen LogP contribution in [0.1, 0.15) is 32.2 Å². The molecule has 126 valence electrons. The van der Waals surface area contributed by atoms with Gasteiger partial charge in [-0.25, -0.2) is 0 Å². The number of nitrogens with one attached hydrogen (secondary N) is 2. The lowest BCUT2D eigenvalue weighted by molar-refractivity contribution is 0.0948. The molecule has 3 rings (SSSR count). The summed E-state index contributed by atoms with van der Waals surface area (Å²) in [6.07, 6.45) is 3.22. The van der Waals surface area contributed by atoms with E-state index in [1.54, 1.807) is 48.9 Å². The number of hydrogen-bond acceptors (Lipinski definition) is 4. The Morgan fingerprint density at radius 1 is 0.880 bits per heavy atom. The fourth-order valence-electron chi connectivity index (χ4n) is 2.26. The summed E-state index contributed by atoms with van der Waals surface area (Å²) in [6, 6.07) is 15.6. The molecule has 25 heavy (non-hydrogen) atoms. The third-order valence-electron chi connectivity index (χ3n) is 3.55. The summed E-state index contributed by atoms with van der Waals surface area (Å²) >= 11 is 0. The topological polar surface area (TPSA) is 84.2 Å². The minimum atomic E-state index is -0.268. The average molecular weight is 335 g/mol. The van der Waals surface area contributed by atoms with E-state index >= 15 is 0 Å². The first-order valence-electron chi connectivity index (χ1n) is 7.81. The van der Waals surface area contributed by atoms with Gasteiger partial charge in [-0.1, -0.05) is 12.1 Å². The van der Waals surface area contributed by atoms with Gasteiger partial charge in [0.05, 0.1) is 25.0 Å². The highest BCUT2D eigenvalue weighted by atomic mass is 16.3. The van der Waals surface area contributed by atoms with Crippen molar-refractivity contribution in [2.24, 2.45) is 0 Å². The molecule has 6 nitrogen and oxygen atoms in total. The molecule has 2 heterocycles. The predicted octanol–water partition coefficient (Wildman–Crippen LogP) is 2.53. The van der Waals surface area contributed by atoms with Crippen LogP contribution >= 0.6 is 0 Å². The molecule has 0 fully saturated rings. The van der Waals surface area contributed by atoms with Crippen LogP contribution in [-0.2, 0) is 13.1 Å². The van der Waals surface area contributed by atoms with Crippen molar-refractivity contribution in [3.8, 4) is 0 Å². The van der Waals surface area contributed by atoms with Crippen LogP contribution in [-0.4, -0.2) is 16.8 Å². The molecular formula is C19H17N3O3. The first kappa shape index (κ1) is 16.4.